The zero-order valence-electron chi connectivity index (χ0n) is 10.1. The molecule has 0 radical (unpaired) electrons. The highest BCUT2D eigenvalue weighted by Gasteiger charge is 2.20. The van der Waals surface area contributed by atoms with Gasteiger partial charge in [0.15, 0.2) is 5.82 Å². The number of ether oxygens (including phenoxy) is 1. The van der Waals surface area contributed by atoms with Gasteiger partial charge in [-0.25, -0.2) is 10.8 Å². The number of amides is 1. The Balaban J connectivity index is 1.69. The minimum Gasteiger partial charge on any atom is -0.379 e. The van der Waals surface area contributed by atoms with Gasteiger partial charge in [0.25, 0.3) is 5.91 Å². The number of nitrogen functional groups attached to an aromatic ring is 1. The van der Waals surface area contributed by atoms with Crippen molar-refractivity contribution in [2.24, 2.45) is 11.8 Å². The molecule has 0 saturated heterocycles. The first-order valence-corrected chi connectivity index (χ1v) is 5.94. The number of anilines is 1. The average Bonchev–Trinajstić information content (AvgIpc) is 3.22. The van der Waals surface area contributed by atoms with Crippen LogP contribution >= 0.6 is 0 Å². The maximum Gasteiger partial charge on any atom is 0.271 e. The van der Waals surface area contributed by atoms with E-state index in [2.05, 4.69) is 20.7 Å². The molecule has 0 aromatic carbocycles. The van der Waals surface area contributed by atoms with Crippen molar-refractivity contribution in [1.82, 2.24) is 15.3 Å². The monoisotopic (exact) mass is 251 g/mol. The minimum absolute atomic E-state index is 0.229. The third kappa shape index (κ3) is 3.94. The lowest BCUT2D eigenvalue weighted by Crippen LogP contribution is -2.28. The number of nitrogens with two attached hydrogens (primary N) is 1. The number of hydrogen-bond donors (Lipinski definition) is 3. The van der Waals surface area contributed by atoms with Crippen LogP contribution in [0.25, 0.3) is 0 Å². The summed E-state index contributed by atoms with van der Waals surface area (Å²) in [6, 6.07) is 0. The molecule has 98 valence electrons. The molecule has 1 fully saturated rings. The number of nitrogens with one attached hydrogen (secondary N) is 2. The molecule has 1 aliphatic rings. The minimum atomic E-state index is -0.283. The lowest BCUT2D eigenvalue weighted by atomic mass is 10.4. The molecule has 0 spiro atoms. The van der Waals surface area contributed by atoms with Gasteiger partial charge in [0.2, 0.25) is 0 Å². The molecule has 18 heavy (non-hydrogen) atoms. The third-order valence-corrected chi connectivity index (χ3v) is 2.60. The molecule has 7 heteroatoms. The van der Waals surface area contributed by atoms with Crippen molar-refractivity contribution in [1.29, 1.82) is 0 Å². The second-order valence-corrected chi connectivity index (χ2v) is 4.21. The second-order valence-electron chi connectivity index (χ2n) is 4.21. The van der Waals surface area contributed by atoms with Crippen LogP contribution in [0, 0.1) is 5.92 Å². The molecule has 0 atom stereocenters. The Bertz CT molecular complexity index is 408. The highest BCUT2D eigenvalue weighted by atomic mass is 16.5. The van der Waals surface area contributed by atoms with E-state index < -0.39 is 0 Å². The molecular formula is C11H17N5O2. The molecule has 7 nitrogen and oxygen atoms in total. The molecule has 2 rings (SSSR count). The fourth-order valence-electron chi connectivity index (χ4n) is 1.41. The van der Waals surface area contributed by atoms with Crippen LogP contribution in [0.4, 0.5) is 5.82 Å². The van der Waals surface area contributed by atoms with Crippen molar-refractivity contribution in [3.63, 3.8) is 0 Å². The van der Waals surface area contributed by atoms with Gasteiger partial charge < -0.3 is 15.5 Å². The van der Waals surface area contributed by atoms with Crippen LogP contribution in [0.3, 0.4) is 0 Å². The molecule has 4 N–H and O–H groups in total. The second kappa shape index (κ2) is 6.27. The van der Waals surface area contributed by atoms with E-state index in [-0.39, 0.29) is 11.6 Å². The van der Waals surface area contributed by atoms with Gasteiger partial charge in [-0.1, -0.05) is 0 Å². The molecule has 1 heterocycles. The van der Waals surface area contributed by atoms with E-state index in [0.717, 1.165) is 12.5 Å². The van der Waals surface area contributed by atoms with Crippen LogP contribution in [0.1, 0.15) is 23.3 Å². The summed E-state index contributed by atoms with van der Waals surface area (Å²) in [6.45, 7) is 1.78. The molecule has 1 aliphatic carbocycles. The van der Waals surface area contributed by atoms with Gasteiger partial charge in [0.05, 0.1) is 19.0 Å². The number of hydrogen-bond acceptors (Lipinski definition) is 6. The molecule has 0 aliphatic heterocycles. The molecule has 1 aromatic rings. The number of rotatable bonds is 7. The lowest BCUT2D eigenvalue weighted by Gasteiger charge is -2.06. The number of nitrogens with zero attached hydrogens (tertiary/aromatic N) is 2. The first-order valence-electron chi connectivity index (χ1n) is 5.94. The van der Waals surface area contributed by atoms with Crippen LogP contribution in [-0.2, 0) is 4.74 Å². The van der Waals surface area contributed by atoms with Gasteiger partial charge in [-0.3, -0.25) is 9.78 Å². The van der Waals surface area contributed by atoms with E-state index >= 15 is 0 Å². The zero-order valence-corrected chi connectivity index (χ0v) is 10.1. The topological polar surface area (TPSA) is 102 Å². The van der Waals surface area contributed by atoms with Crippen molar-refractivity contribution in [3.05, 3.63) is 18.1 Å². The summed E-state index contributed by atoms with van der Waals surface area (Å²) in [5.41, 5.74) is 2.57. The molecular weight excluding hydrogens is 234 g/mol. The van der Waals surface area contributed by atoms with Crippen LogP contribution in [0.2, 0.25) is 0 Å². The highest BCUT2D eigenvalue weighted by Crippen LogP contribution is 2.28. The number of aromatic nitrogens is 2. The Morgan fingerprint density at radius 3 is 3.06 bits per heavy atom. The summed E-state index contributed by atoms with van der Waals surface area (Å²) in [7, 11) is 0. The summed E-state index contributed by atoms with van der Waals surface area (Å²) in [5.74, 6) is 6.00. The van der Waals surface area contributed by atoms with Gasteiger partial charge in [0.1, 0.15) is 5.69 Å². The summed E-state index contributed by atoms with van der Waals surface area (Å²) in [6.07, 6.45) is 5.36. The van der Waals surface area contributed by atoms with Gasteiger partial charge >= 0.3 is 0 Å². The summed E-state index contributed by atoms with van der Waals surface area (Å²) in [4.78, 5) is 19.5. The molecule has 1 aromatic heterocycles. The van der Waals surface area contributed by atoms with Gasteiger partial charge in [-0.15, -0.1) is 0 Å². The Labute approximate surface area is 105 Å². The maximum atomic E-state index is 11.7. The summed E-state index contributed by atoms with van der Waals surface area (Å²) < 4.78 is 5.41. The van der Waals surface area contributed by atoms with E-state index in [9.17, 15) is 4.79 Å². The van der Waals surface area contributed by atoms with Crippen molar-refractivity contribution in [2.45, 2.75) is 12.8 Å². The molecule has 1 saturated carbocycles. The Morgan fingerprint density at radius 2 is 2.33 bits per heavy atom. The van der Waals surface area contributed by atoms with Crippen LogP contribution in [-0.4, -0.2) is 35.6 Å². The van der Waals surface area contributed by atoms with Crippen molar-refractivity contribution in [2.75, 3.05) is 25.2 Å². The van der Waals surface area contributed by atoms with Crippen molar-refractivity contribution >= 4 is 11.7 Å². The summed E-state index contributed by atoms with van der Waals surface area (Å²) in [5, 5.41) is 2.71. The van der Waals surface area contributed by atoms with E-state index in [4.69, 9.17) is 10.6 Å². The smallest absolute Gasteiger partial charge is 0.271 e. The van der Waals surface area contributed by atoms with Crippen LogP contribution in [0.5, 0.6) is 0 Å². The fraction of sp³-hybridized carbons (Fsp3) is 0.545. The van der Waals surface area contributed by atoms with E-state index in [0.29, 0.717) is 19.0 Å². The molecule has 1 amide bonds. The van der Waals surface area contributed by atoms with Crippen molar-refractivity contribution in [3.8, 4) is 0 Å². The predicted octanol–water partition coefficient (Wildman–Crippen LogP) is -0.0814. The average molecular weight is 251 g/mol. The number of carbonyl (C=O) groups is 1. The quantitative estimate of drug-likeness (QED) is 0.356. The van der Waals surface area contributed by atoms with Gasteiger partial charge in [-0.2, -0.15) is 0 Å². The maximum absolute atomic E-state index is 11.7. The Kier molecular flexibility index (Phi) is 4.43. The first-order chi connectivity index (χ1) is 8.79. The summed E-state index contributed by atoms with van der Waals surface area (Å²) >= 11 is 0. The van der Waals surface area contributed by atoms with Gasteiger partial charge in [-0.05, 0) is 18.8 Å². The Morgan fingerprint density at radius 1 is 1.50 bits per heavy atom. The standard InChI is InChI=1S/C11H17N5O2/c12-16-10-6-13-5-9(15-10)11(17)14-3-4-18-7-8-1-2-8/h5-6,8H,1-4,7,12H2,(H,14,17)(H,15,16). The largest absolute Gasteiger partial charge is 0.379 e. The van der Waals surface area contributed by atoms with Crippen LogP contribution < -0.4 is 16.6 Å². The Hall–Kier alpha value is -1.73. The molecule has 0 bridgehead atoms. The SMILES string of the molecule is NNc1cncc(C(=O)NCCOCC2CC2)n1. The molecule has 0 unspecified atom stereocenters. The van der Waals surface area contributed by atoms with E-state index in [1.807, 2.05) is 0 Å². The van der Waals surface area contributed by atoms with Gasteiger partial charge in [0, 0.05) is 13.2 Å². The number of hydrazine groups is 1. The first kappa shape index (κ1) is 12.7. The van der Waals surface area contributed by atoms with E-state index in [1.54, 1.807) is 0 Å². The van der Waals surface area contributed by atoms with E-state index in [1.165, 1.54) is 25.2 Å². The number of carbonyl (C=O) groups excluding carboxylic acids is 1. The fourth-order valence-corrected chi connectivity index (χ4v) is 1.41. The third-order valence-electron chi connectivity index (χ3n) is 2.60. The highest BCUT2D eigenvalue weighted by molar-refractivity contribution is 5.92. The van der Waals surface area contributed by atoms with Crippen LogP contribution in [0.15, 0.2) is 12.4 Å². The van der Waals surface area contributed by atoms with Crippen molar-refractivity contribution < 1.29 is 9.53 Å². The normalized spacial score (nSPS) is 14.3. The lowest BCUT2D eigenvalue weighted by molar-refractivity contribution is 0.0901. The predicted molar refractivity (Wildman–Crippen MR) is 65.7 cm³/mol. The zero-order chi connectivity index (χ0) is 12.8.